The summed E-state index contributed by atoms with van der Waals surface area (Å²) in [7, 11) is 0. The number of fused-ring (bicyclic) bond motifs is 3. The summed E-state index contributed by atoms with van der Waals surface area (Å²) in [6.07, 6.45) is 7.67. The van der Waals surface area contributed by atoms with Crippen LogP contribution in [0.3, 0.4) is 0 Å². The van der Waals surface area contributed by atoms with Crippen LogP contribution in [0.4, 0.5) is 0 Å². The molecule has 28 heavy (non-hydrogen) atoms. The minimum absolute atomic E-state index is 0.0138. The number of rotatable bonds is 5. The average Bonchev–Trinajstić information content (AvgIpc) is 3.43. The summed E-state index contributed by atoms with van der Waals surface area (Å²) in [6.45, 7) is 5.42. The number of cyclic esters (lactones) is 1. The van der Waals surface area contributed by atoms with Crippen LogP contribution in [0.5, 0.6) is 0 Å². The summed E-state index contributed by atoms with van der Waals surface area (Å²) < 4.78 is 5.36. The normalized spacial score (nSPS) is 35.9. The Bertz CT molecular complexity index is 814. The van der Waals surface area contributed by atoms with Crippen molar-refractivity contribution in [3.63, 3.8) is 0 Å². The third-order valence-corrected chi connectivity index (χ3v) is 7.85. The molecule has 0 aromatic heterocycles. The molecule has 3 saturated carbocycles. The molecule has 1 saturated heterocycles. The predicted molar refractivity (Wildman–Crippen MR) is 107 cm³/mol. The van der Waals surface area contributed by atoms with Crippen LogP contribution in [0.15, 0.2) is 36.4 Å². The van der Waals surface area contributed by atoms with Crippen LogP contribution in [0.1, 0.15) is 54.4 Å². The van der Waals surface area contributed by atoms with Crippen molar-refractivity contribution >= 4 is 11.9 Å². The quantitative estimate of drug-likeness (QED) is 0.623. The highest BCUT2D eigenvalue weighted by Crippen LogP contribution is 2.52. The van der Waals surface area contributed by atoms with Crippen LogP contribution in [0.2, 0.25) is 0 Å². The Morgan fingerprint density at radius 2 is 2.04 bits per heavy atom. The van der Waals surface area contributed by atoms with Crippen LogP contribution in [0, 0.1) is 29.1 Å². The van der Waals surface area contributed by atoms with E-state index in [9.17, 15) is 9.59 Å². The monoisotopic (exact) mass is 379 g/mol. The third-order valence-electron chi connectivity index (χ3n) is 7.85. The Labute approximate surface area is 166 Å². The molecule has 5 unspecified atom stereocenters. The van der Waals surface area contributed by atoms with Gasteiger partial charge >= 0.3 is 5.97 Å². The van der Waals surface area contributed by atoms with Gasteiger partial charge in [-0.3, -0.25) is 9.59 Å². The smallest absolute Gasteiger partial charge is 0.313 e. The minimum Gasteiger partial charge on any atom is -0.465 e. The van der Waals surface area contributed by atoms with E-state index in [0.717, 1.165) is 42.4 Å². The molecule has 148 valence electrons. The van der Waals surface area contributed by atoms with Gasteiger partial charge in [-0.15, -0.1) is 0 Å². The maximum Gasteiger partial charge on any atom is 0.313 e. The number of hydrogen-bond donors (Lipinski definition) is 1. The second kappa shape index (κ2) is 6.75. The van der Waals surface area contributed by atoms with Crippen molar-refractivity contribution in [2.75, 3.05) is 13.2 Å². The number of hydrogen-bond acceptors (Lipinski definition) is 3. The Kier molecular flexibility index (Phi) is 4.33. The molecular weight excluding hydrogens is 350 g/mol. The number of allylic oxidation sites excluding steroid dienone is 1. The maximum atomic E-state index is 12.5. The van der Waals surface area contributed by atoms with Crippen LogP contribution in [-0.2, 0) is 16.0 Å². The zero-order chi connectivity index (χ0) is 19.3. The summed E-state index contributed by atoms with van der Waals surface area (Å²) in [4.78, 5) is 25.0. The van der Waals surface area contributed by atoms with Gasteiger partial charge in [0.15, 0.2) is 0 Å². The Morgan fingerprint density at radius 1 is 1.21 bits per heavy atom. The predicted octanol–water partition coefficient (Wildman–Crippen LogP) is 3.90. The van der Waals surface area contributed by atoms with Gasteiger partial charge in [0, 0.05) is 18.0 Å². The fourth-order valence-corrected chi connectivity index (χ4v) is 6.35. The molecule has 1 amide bonds. The van der Waals surface area contributed by atoms with Gasteiger partial charge < -0.3 is 10.1 Å². The van der Waals surface area contributed by atoms with Crippen molar-refractivity contribution in [3.8, 4) is 0 Å². The molecule has 4 aliphatic rings. The van der Waals surface area contributed by atoms with Crippen LogP contribution in [-0.4, -0.2) is 25.0 Å². The van der Waals surface area contributed by atoms with Crippen molar-refractivity contribution < 1.29 is 14.3 Å². The van der Waals surface area contributed by atoms with Gasteiger partial charge in [-0.25, -0.2) is 0 Å². The summed E-state index contributed by atoms with van der Waals surface area (Å²) >= 11 is 0. The van der Waals surface area contributed by atoms with Gasteiger partial charge in [0.25, 0.3) is 5.91 Å². The molecule has 5 rings (SSSR count). The molecule has 1 aromatic rings. The van der Waals surface area contributed by atoms with Crippen molar-refractivity contribution in [1.82, 2.24) is 5.32 Å². The topological polar surface area (TPSA) is 55.4 Å². The standard InChI is InChI=1S/C24H29NO3/c1-15-8-21-14-28-23(27)24(21,11-15)12-16-2-5-18(6-3-16)22(26)25-13-20-10-17-4-7-19(20)9-17/h2-3,5-6,17,19-21H,1,4,7-14H2,(H,25,26). The van der Waals surface area contributed by atoms with E-state index >= 15 is 0 Å². The Morgan fingerprint density at radius 3 is 2.75 bits per heavy atom. The number of ether oxygens (including phenoxy) is 1. The molecule has 5 atom stereocenters. The van der Waals surface area contributed by atoms with Crippen molar-refractivity contribution in [2.45, 2.75) is 44.9 Å². The van der Waals surface area contributed by atoms with Gasteiger partial charge in [-0.05, 0) is 74.0 Å². The first-order valence-electron chi connectivity index (χ1n) is 10.7. The molecule has 0 radical (unpaired) electrons. The number of benzene rings is 1. The first-order valence-corrected chi connectivity index (χ1v) is 10.7. The fraction of sp³-hybridized carbons (Fsp3) is 0.583. The third kappa shape index (κ3) is 2.98. The number of carbonyl (C=O) groups is 2. The van der Waals surface area contributed by atoms with Crippen LogP contribution >= 0.6 is 0 Å². The highest BCUT2D eigenvalue weighted by Gasteiger charge is 2.55. The maximum absolute atomic E-state index is 12.5. The van der Waals surface area contributed by atoms with Gasteiger partial charge in [0.2, 0.25) is 0 Å². The average molecular weight is 380 g/mol. The van der Waals surface area contributed by atoms with E-state index in [1.165, 1.54) is 25.7 Å². The lowest BCUT2D eigenvalue weighted by Crippen LogP contribution is -2.32. The lowest BCUT2D eigenvalue weighted by molar-refractivity contribution is -0.146. The molecule has 4 fully saturated rings. The molecule has 4 nitrogen and oxygen atoms in total. The molecular formula is C24H29NO3. The summed E-state index contributed by atoms with van der Waals surface area (Å²) in [5.74, 6) is 2.58. The van der Waals surface area contributed by atoms with E-state index in [4.69, 9.17) is 4.74 Å². The van der Waals surface area contributed by atoms with E-state index in [2.05, 4.69) is 11.9 Å². The number of nitrogens with one attached hydrogen (secondary N) is 1. The first-order chi connectivity index (χ1) is 13.5. The van der Waals surface area contributed by atoms with E-state index in [-0.39, 0.29) is 17.8 Å². The minimum atomic E-state index is -0.442. The largest absolute Gasteiger partial charge is 0.465 e. The zero-order valence-electron chi connectivity index (χ0n) is 16.4. The molecule has 1 heterocycles. The first kappa shape index (κ1) is 18.0. The van der Waals surface area contributed by atoms with Gasteiger partial charge in [0.1, 0.15) is 0 Å². The molecule has 1 aromatic carbocycles. The van der Waals surface area contributed by atoms with Crippen molar-refractivity contribution in [2.24, 2.45) is 29.1 Å². The SMILES string of the molecule is C=C1CC2COC(=O)C2(Cc2ccc(C(=O)NCC3CC4CCC3C4)cc2)C1. The highest BCUT2D eigenvalue weighted by atomic mass is 16.5. The lowest BCUT2D eigenvalue weighted by Gasteiger charge is -2.24. The van der Waals surface area contributed by atoms with Crippen LogP contribution in [0.25, 0.3) is 0 Å². The summed E-state index contributed by atoms with van der Waals surface area (Å²) in [5, 5.41) is 3.14. The number of esters is 1. The molecule has 4 heteroatoms. The van der Waals surface area contributed by atoms with Crippen LogP contribution < -0.4 is 5.32 Å². The Balaban J connectivity index is 1.21. The second-order valence-corrected chi connectivity index (χ2v) is 9.60. The van der Waals surface area contributed by atoms with E-state index in [0.29, 0.717) is 24.5 Å². The van der Waals surface area contributed by atoms with E-state index in [1.54, 1.807) is 0 Å². The van der Waals surface area contributed by atoms with E-state index < -0.39 is 5.41 Å². The summed E-state index contributed by atoms with van der Waals surface area (Å²) in [5.41, 5.74) is 2.50. The van der Waals surface area contributed by atoms with Crippen molar-refractivity contribution in [3.05, 3.63) is 47.5 Å². The Hall–Kier alpha value is -2.10. The molecule has 1 N–H and O–H groups in total. The molecule has 2 bridgehead atoms. The fourth-order valence-electron chi connectivity index (χ4n) is 6.35. The number of amides is 1. The molecule has 1 aliphatic heterocycles. The van der Waals surface area contributed by atoms with Gasteiger partial charge in [-0.2, -0.15) is 0 Å². The molecule has 3 aliphatic carbocycles. The zero-order valence-corrected chi connectivity index (χ0v) is 16.4. The van der Waals surface area contributed by atoms with Gasteiger partial charge in [-0.1, -0.05) is 30.7 Å². The highest BCUT2D eigenvalue weighted by molar-refractivity contribution is 5.94. The van der Waals surface area contributed by atoms with E-state index in [1.807, 2.05) is 24.3 Å². The second-order valence-electron chi connectivity index (χ2n) is 9.60. The van der Waals surface area contributed by atoms with Crippen molar-refractivity contribution in [1.29, 1.82) is 0 Å². The summed E-state index contributed by atoms with van der Waals surface area (Å²) in [6, 6.07) is 7.76. The van der Waals surface area contributed by atoms with Gasteiger partial charge in [0.05, 0.1) is 12.0 Å². The number of carbonyl (C=O) groups excluding carboxylic acids is 2. The lowest BCUT2D eigenvalue weighted by atomic mass is 9.75. The molecule has 0 spiro atoms.